The number of nitrogens with one attached hydrogen (secondary N) is 1. The normalized spacial score (nSPS) is 11.5. The van der Waals surface area contributed by atoms with Crippen LogP contribution in [0.25, 0.3) is 0 Å². The Kier molecular flexibility index (Phi) is 5.78. The monoisotopic (exact) mass is 339 g/mol. The minimum absolute atomic E-state index is 0.149. The summed E-state index contributed by atoms with van der Waals surface area (Å²) in [6.45, 7) is 0.402. The molecular formula is C10H14BrNO3S2. The van der Waals surface area contributed by atoms with Crippen LogP contribution in [0.15, 0.2) is 27.6 Å². The molecule has 1 aromatic carbocycles. The van der Waals surface area contributed by atoms with Gasteiger partial charge in [0.2, 0.25) is 10.0 Å². The molecule has 1 aromatic rings. The largest absolute Gasteiger partial charge is 0.495 e. The zero-order valence-electron chi connectivity index (χ0n) is 9.57. The number of halogens is 1. The highest BCUT2D eigenvalue weighted by Crippen LogP contribution is 2.26. The van der Waals surface area contributed by atoms with Gasteiger partial charge >= 0.3 is 0 Å². The number of rotatable bonds is 6. The standard InChI is InChI=1S/C10H14BrNO3S2/c1-15-9-4-3-8(11)7-10(9)17(13,14)12-5-6-16-2/h3-4,7,12H,5-6H2,1-2H3. The summed E-state index contributed by atoms with van der Waals surface area (Å²) in [5.74, 6) is 1.07. The van der Waals surface area contributed by atoms with Gasteiger partial charge in [0.25, 0.3) is 0 Å². The van der Waals surface area contributed by atoms with Crippen molar-refractivity contribution in [3.63, 3.8) is 0 Å². The van der Waals surface area contributed by atoms with E-state index in [1.54, 1.807) is 23.9 Å². The Morgan fingerprint density at radius 1 is 1.47 bits per heavy atom. The number of hydrogen-bond acceptors (Lipinski definition) is 4. The highest BCUT2D eigenvalue weighted by molar-refractivity contribution is 9.10. The molecule has 0 spiro atoms. The highest BCUT2D eigenvalue weighted by atomic mass is 79.9. The number of benzene rings is 1. The fourth-order valence-corrected chi connectivity index (χ4v) is 3.39. The topological polar surface area (TPSA) is 55.4 Å². The van der Waals surface area contributed by atoms with Gasteiger partial charge in [-0.25, -0.2) is 13.1 Å². The molecule has 0 saturated carbocycles. The molecule has 1 N–H and O–H groups in total. The maximum absolute atomic E-state index is 12.0. The van der Waals surface area contributed by atoms with Crippen LogP contribution < -0.4 is 9.46 Å². The summed E-state index contributed by atoms with van der Waals surface area (Å²) in [6.07, 6.45) is 1.92. The van der Waals surface area contributed by atoms with Crippen molar-refractivity contribution in [1.29, 1.82) is 0 Å². The maximum Gasteiger partial charge on any atom is 0.244 e. The SMILES string of the molecule is COc1ccc(Br)cc1S(=O)(=O)NCCSC. The summed E-state index contributed by atoms with van der Waals surface area (Å²) in [5.41, 5.74) is 0. The van der Waals surface area contributed by atoms with E-state index in [9.17, 15) is 8.42 Å². The average Bonchev–Trinajstić information content (AvgIpc) is 2.29. The van der Waals surface area contributed by atoms with Crippen LogP contribution in [0.4, 0.5) is 0 Å². The first-order valence-corrected chi connectivity index (χ1v) is 8.50. The Morgan fingerprint density at radius 3 is 2.76 bits per heavy atom. The lowest BCUT2D eigenvalue weighted by atomic mass is 10.3. The van der Waals surface area contributed by atoms with E-state index in [1.807, 2.05) is 6.26 Å². The van der Waals surface area contributed by atoms with E-state index in [-0.39, 0.29) is 4.90 Å². The summed E-state index contributed by atoms with van der Waals surface area (Å²) >= 11 is 4.83. The van der Waals surface area contributed by atoms with Gasteiger partial charge in [0, 0.05) is 16.8 Å². The minimum atomic E-state index is -3.52. The number of thioether (sulfide) groups is 1. The molecule has 17 heavy (non-hydrogen) atoms. The molecule has 0 aliphatic rings. The number of sulfonamides is 1. The molecule has 0 unspecified atom stereocenters. The Bertz CT molecular complexity index is 476. The zero-order valence-corrected chi connectivity index (χ0v) is 12.8. The van der Waals surface area contributed by atoms with Gasteiger partial charge in [-0.15, -0.1) is 0 Å². The van der Waals surface area contributed by atoms with Gasteiger partial charge in [0.15, 0.2) is 0 Å². The van der Waals surface area contributed by atoms with Crippen molar-refractivity contribution in [2.75, 3.05) is 25.7 Å². The number of methoxy groups -OCH3 is 1. The summed E-state index contributed by atoms with van der Waals surface area (Å²) < 4.78 is 32.3. The van der Waals surface area contributed by atoms with E-state index in [2.05, 4.69) is 20.7 Å². The molecule has 1 rings (SSSR count). The molecule has 4 nitrogen and oxygen atoms in total. The Hall–Kier alpha value is -0.240. The Balaban J connectivity index is 3.00. The zero-order chi connectivity index (χ0) is 12.9. The lowest BCUT2D eigenvalue weighted by Gasteiger charge is -2.10. The van der Waals surface area contributed by atoms with Gasteiger partial charge in [-0.3, -0.25) is 0 Å². The Morgan fingerprint density at radius 2 is 2.18 bits per heavy atom. The van der Waals surface area contributed by atoms with Crippen LogP contribution >= 0.6 is 27.7 Å². The fraction of sp³-hybridized carbons (Fsp3) is 0.400. The van der Waals surface area contributed by atoms with Crippen LogP contribution in [0.3, 0.4) is 0 Å². The first-order valence-electron chi connectivity index (χ1n) is 4.83. The molecule has 0 bridgehead atoms. The maximum atomic E-state index is 12.0. The van der Waals surface area contributed by atoms with Crippen molar-refractivity contribution in [3.05, 3.63) is 22.7 Å². The van der Waals surface area contributed by atoms with Crippen LogP contribution in [-0.2, 0) is 10.0 Å². The van der Waals surface area contributed by atoms with Gasteiger partial charge in [-0.2, -0.15) is 11.8 Å². The first-order chi connectivity index (χ1) is 8.01. The van der Waals surface area contributed by atoms with E-state index >= 15 is 0 Å². The van der Waals surface area contributed by atoms with E-state index in [0.29, 0.717) is 16.8 Å². The van der Waals surface area contributed by atoms with Gasteiger partial charge in [-0.1, -0.05) is 15.9 Å². The van der Waals surface area contributed by atoms with Gasteiger partial charge in [-0.05, 0) is 24.5 Å². The van der Waals surface area contributed by atoms with Gasteiger partial charge in [0.1, 0.15) is 10.6 Å². The molecule has 0 heterocycles. The molecule has 0 saturated heterocycles. The highest BCUT2D eigenvalue weighted by Gasteiger charge is 2.19. The van der Waals surface area contributed by atoms with Crippen molar-refractivity contribution in [2.24, 2.45) is 0 Å². The fourth-order valence-electron chi connectivity index (χ4n) is 1.22. The molecule has 7 heteroatoms. The second-order valence-corrected chi connectivity index (χ2v) is 6.82. The van der Waals surface area contributed by atoms with Crippen molar-refractivity contribution in [3.8, 4) is 5.75 Å². The van der Waals surface area contributed by atoms with Crippen molar-refractivity contribution >= 4 is 37.7 Å². The molecule has 0 atom stereocenters. The second-order valence-electron chi connectivity index (χ2n) is 3.19. The minimum Gasteiger partial charge on any atom is -0.495 e. The van der Waals surface area contributed by atoms with E-state index < -0.39 is 10.0 Å². The third kappa shape index (κ3) is 4.17. The Labute approximate surface area is 114 Å². The quantitative estimate of drug-likeness (QED) is 0.806. The second kappa shape index (κ2) is 6.63. The average molecular weight is 340 g/mol. The van der Waals surface area contributed by atoms with Crippen LogP contribution in [-0.4, -0.2) is 34.1 Å². The van der Waals surface area contributed by atoms with E-state index in [4.69, 9.17) is 4.74 Å². The molecule has 0 aliphatic carbocycles. The predicted octanol–water partition coefficient (Wildman–Crippen LogP) is 2.10. The van der Waals surface area contributed by atoms with Gasteiger partial charge < -0.3 is 4.74 Å². The third-order valence-corrected chi connectivity index (χ3v) is 4.60. The molecule has 0 aliphatic heterocycles. The molecule has 0 fully saturated rings. The van der Waals surface area contributed by atoms with Crippen LogP contribution in [0, 0.1) is 0 Å². The van der Waals surface area contributed by atoms with Gasteiger partial charge in [0.05, 0.1) is 7.11 Å². The molecule has 0 radical (unpaired) electrons. The number of ether oxygens (including phenoxy) is 1. The third-order valence-electron chi connectivity index (χ3n) is 2.01. The predicted molar refractivity (Wildman–Crippen MR) is 74.3 cm³/mol. The lowest BCUT2D eigenvalue weighted by Crippen LogP contribution is -2.26. The van der Waals surface area contributed by atoms with Crippen LogP contribution in [0.2, 0.25) is 0 Å². The number of hydrogen-bond donors (Lipinski definition) is 1. The van der Waals surface area contributed by atoms with Crippen molar-refractivity contribution < 1.29 is 13.2 Å². The van der Waals surface area contributed by atoms with Crippen molar-refractivity contribution in [2.45, 2.75) is 4.90 Å². The van der Waals surface area contributed by atoms with Crippen molar-refractivity contribution in [1.82, 2.24) is 4.72 Å². The molecule has 96 valence electrons. The summed E-state index contributed by atoms with van der Waals surface area (Å²) in [6, 6.07) is 4.88. The van der Waals surface area contributed by atoms with Crippen LogP contribution in [0.1, 0.15) is 0 Å². The smallest absolute Gasteiger partial charge is 0.244 e. The first kappa shape index (κ1) is 14.8. The summed E-state index contributed by atoms with van der Waals surface area (Å²) in [5, 5.41) is 0. The summed E-state index contributed by atoms with van der Waals surface area (Å²) in [7, 11) is -2.07. The van der Waals surface area contributed by atoms with E-state index in [0.717, 1.165) is 5.75 Å². The summed E-state index contributed by atoms with van der Waals surface area (Å²) in [4.78, 5) is 0.149. The van der Waals surface area contributed by atoms with Crippen LogP contribution in [0.5, 0.6) is 5.75 Å². The van der Waals surface area contributed by atoms with E-state index in [1.165, 1.54) is 13.2 Å². The molecule has 0 aromatic heterocycles. The molecular weight excluding hydrogens is 326 g/mol. The lowest BCUT2D eigenvalue weighted by molar-refractivity contribution is 0.402. The molecule has 0 amide bonds.